The zero-order valence-electron chi connectivity index (χ0n) is 18.9. The second-order valence-electron chi connectivity index (χ2n) is 7.82. The number of hydrogen-bond acceptors (Lipinski definition) is 6. The Labute approximate surface area is 202 Å². The number of likely N-dealkylation sites (tertiary alicyclic amines) is 1. The number of urea groups is 1. The quantitative estimate of drug-likeness (QED) is 0.601. The van der Waals surface area contributed by atoms with Crippen molar-refractivity contribution >= 4 is 41.2 Å². The van der Waals surface area contributed by atoms with Crippen molar-refractivity contribution in [2.45, 2.75) is 31.8 Å². The number of halogens is 1. The lowest BCUT2D eigenvalue weighted by Gasteiger charge is -2.25. The van der Waals surface area contributed by atoms with Crippen molar-refractivity contribution in [1.82, 2.24) is 10.2 Å². The van der Waals surface area contributed by atoms with Crippen molar-refractivity contribution < 1.29 is 28.7 Å². The molecule has 0 bridgehead atoms. The smallest absolute Gasteiger partial charge is 0.337 e. The van der Waals surface area contributed by atoms with Crippen molar-refractivity contribution in [3.8, 4) is 0 Å². The number of nitrogens with one attached hydrogen (secondary N) is 2. The maximum atomic E-state index is 13.1. The van der Waals surface area contributed by atoms with Gasteiger partial charge in [0.2, 0.25) is 5.91 Å². The molecule has 1 unspecified atom stereocenters. The number of benzene rings is 2. The predicted octanol–water partition coefficient (Wildman–Crippen LogP) is 3.62. The van der Waals surface area contributed by atoms with Crippen LogP contribution in [0.2, 0.25) is 5.02 Å². The normalized spacial score (nSPS) is 15.8. The molecule has 1 aliphatic rings. The monoisotopic (exact) mass is 487 g/mol. The van der Waals surface area contributed by atoms with E-state index in [9.17, 15) is 19.2 Å². The van der Waals surface area contributed by atoms with Crippen LogP contribution in [-0.2, 0) is 20.8 Å². The molecule has 3 rings (SSSR count). The van der Waals surface area contributed by atoms with E-state index in [1.807, 2.05) is 18.2 Å². The van der Waals surface area contributed by atoms with E-state index in [2.05, 4.69) is 10.6 Å². The highest BCUT2D eigenvalue weighted by Crippen LogP contribution is 2.19. The second kappa shape index (κ2) is 11.5. The molecule has 3 amide bonds. The Bertz CT molecular complexity index is 1060. The van der Waals surface area contributed by atoms with Crippen LogP contribution in [0, 0.1) is 0 Å². The van der Waals surface area contributed by atoms with E-state index in [0.29, 0.717) is 24.5 Å². The second-order valence-corrected chi connectivity index (χ2v) is 8.26. The van der Waals surface area contributed by atoms with Gasteiger partial charge in [0, 0.05) is 23.8 Å². The molecule has 34 heavy (non-hydrogen) atoms. The zero-order valence-corrected chi connectivity index (χ0v) is 19.7. The van der Waals surface area contributed by atoms with Gasteiger partial charge in [-0.25, -0.2) is 14.4 Å². The summed E-state index contributed by atoms with van der Waals surface area (Å²) in [4.78, 5) is 51.4. The summed E-state index contributed by atoms with van der Waals surface area (Å²) < 4.78 is 9.41. The Balaban J connectivity index is 1.72. The van der Waals surface area contributed by atoms with Crippen LogP contribution in [0.25, 0.3) is 0 Å². The maximum Gasteiger partial charge on any atom is 0.337 e. The number of carbonyl (C=O) groups is 4. The number of rotatable bonds is 6. The van der Waals surface area contributed by atoms with Crippen molar-refractivity contribution in [2.24, 2.45) is 0 Å². The summed E-state index contributed by atoms with van der Waals surface area (Å²) in [5.41, 5.74) is 1.22. The summed E-state index contributed by atoms with van der Waals surface area (Å²) in [6.07, 6.45) is 2.08. The lowest BCUT2D eigenvalue weighted by atomic mass is 10.1. The van der Waals surface area contributed by atoms with Crippen LogP contribution >= 0.6 is 11.6 Å². The van der Waals surface area contributed by atoms with E-state index >= 15 is 0 Å². The molecule has 0 aromatic heterocycles. The first kappa shape index (κ1) is 25.0. The molecule has 1 saturated heterocycles. The lowest BCUT2D eigenvalue weighted by Crippen LogP contribution is -2.48. The summed E-state index contributed by atoms with van der Waals surface area (Å²) in [5.74, 6) is -1.54. The number of esters is 2. The average molecular weight is 488 g/mol. The molecule has 0 aliphatic carbocycles. The van der Waals surface area contributed by atoms with Crippen LogP contribution in [0.15, 0.2) is 42.5 Å². The van der Waals surface area contributed by atoms with Crippen LogP contribution in [-0.4, -0.2) is 55.6 Å². The minimum absolute atomic E-state index is 0.0685. The van der Waals surface area contributed by atoms with Gasteiger partial charge in [0.05, 0.1) is 25.3 Å². The molecule has 2 aromatic rings. The molecular formula is C24H26ClN3O6. The summed E-state index contributed by atoms with van der Waals surface area (Å²) in [6.45, 7) is 0.970. The topological polar surface area (TPSA) is 114 Å². The van der Waals surface area contributed by atoms with E-state index < -0.39 is 24.0 Å². The molecule has 10 heteroatoms. The molecule has 0 saturated carbocycles. The zero-order chi connectivity index (χ0) is 24.7. The summed E-state index contributed by atoms with van der Waals surface area (Å²) in [5, 5.41) is 5.89. The number of amides is 3. The van der Waals surface area contributed by atoms with Crippen LogP contribution in [0.4, 0.5) is 10.5 Å². The number of carbonyl (C=O) groups excluding carboxylic acids is 4. The van der Waals surface area contributed by atoms with Gasteiger partial charge in [0.15, 0.2) is 0 Å². The SMILES string of the molecule is COC(=O)c1cc(NC(=O)NC2CCCCN(Cc3cccc(Cl)c3)C2=O)cc(C(=O)OC)c1. The highest BCUT2D eigenvalue weighted by Gasteiger charge is 2.28. The first-order valence-electron chi connectivity index (χ1n) is 10.7. The first-order chi connectivity index (χ1) is 16.3. The molecule has 0 radical (unpaired) electrons. The lowest BCUT2D eigenvalue weighted by molar-refractivity contribution is -0.133. The molecular weight excluding hydrogens is 462 g/mol. The molecule has 2 aromatic carbocycles. The number of hydrogen-bond donors (Lipinski definition) is 2. The third kappa shape index (κ3) is 6.48. The molecule has 180 valence electrons. The fraction of sp³-hybridized carbons (Fsp3) is 0.333. The minimum atomic E-state index is -0.717. The summed E-state index contributed by atoms with van der Waals surface area (Å²) in [6, 6.07) is 10.00. The summed E-state index contributed by atoms with van der Waals surface area (Å²) in [7, 11) is 2.42. The molecule has 9 nitrogen and oxygen atoms in total. The Morgan fingerprint density at radius 2 is 1.71 bits per heavy atom. The van der Waals surface area contributed by atoms with Gasteiger partial charge in [0.1, 0.15) is 6.04 Å². The number of methoxy groups -OCH3 is 2. The fourth-order valence-electron chi connectivity index (χ4n) is 3.75. The van der Waals surface area contributed by atoms with Gasteiger partial charge >= 0.3 is 18.0 Å². The standard InChI is InChI=1S/C24H26ClN3O6/c1-33-22(30)16-11-17(23(31)34-2)13-19(12-16)26-24(32)27-20-8-3-4-9-28(21(20)29)14-15-6-5-7-18(25)10-15/h5-7,10-13,20H,3-4,8-9,14H2,1-2H3,(H2,26,27,32). The largest absolute Gasteiger partial charge is 0.465 e. The molecule has 1 heterocycles. The Hall–Kier alpha value is -3.59. The van der Waals surface area contributed by atoms with E-state index in [1.165, 1.54) is 32.4 Å². The highest BCUT2D eigenvalue weighted by atomic mass is 35.5. The Morgan fingerprint density at radius 1 is 1.03 bits per heavy atom. The van der Waals surface area contributed by atoms with Crippen molar-refractivity contribution in [3.63, 3.8) is 0 Å². The van der Waals surface area contributed by atoms with Gasteiger partial charge in [-0.3, -0.25) is 4.79 Å². The van der Waals surface area contributed by atoms with Crippen LogP contribution in [0.5, 0.6) is 0 Å². The number of ether oxygens (including phenoxy) is 2. The maximum absolute atomic E-state index is 13.1. The fourth-order valence-corrected chi connectivity index (χ4v) is 3.96. The van der Waals surface area contributed by atoms with E-state index in [-0.39, 0.29) is 22.7 Å². The summed E-state index contributed by atoms with van der Waals surface area (Å²) >= 11 is 6.06. The van der Waals surface area contributed by atoms with Crippen molar-refractivity contribution in [1.29, 1.82) is 0 Å². The van der Waals surface area contributed by atoms with Gasteiger partial charge in [-0.2, -0.15) is 0 Å². The molecule has 1 aliphatic heterocycles. The first-order valence-corrected chi connectivity index (χ1v) is 11.1. The van der Waals surface area contributed by atoms with Crippen LogP contribution in [0.3, 0.4) is 0 Å². The van der Waals surface area contributed by atoms with E-state index in [0.717, 1.165) is 18.4 Å². The Kier molecular flexibility index (Phi) is 8.48. The van der Waals surface area contributed by atoms with Gasteiger partial charge < -0.3 is 25.0 Å². The van der Waals surface area contributed by atoms with E-state index in [1.54, 1.807) is 11.0 Å². The molecule has 1 atom stereocenters. The third-order valence-electron chi connectivity index (χ3n) is 5.38. The molecule has 0 spiro atoms. The molecule has 2 N–H and O–H groups in total. The van der Waals surface area contributed by atoms with Gasteiger partial charge in [-0.1, -0.05) is 23.7 Å². The van der Waals surface area contributed by atoms with Crippen LogP contribution in [0.1, 0.15) is 45.5 Å². The van der Waals surface area contributed by atoms with Crippen molar-refractivity contribution in [3.05, 3.63) is 64.2 Å². The number of nitrogens with zero attached hydrogens (tertiary/aromatic N) is 1. The number of anilines is 1. The van der Waals surface area contributed by atoms with Gasteiger partial charge in [0.25, 0.3) is 0 Å². The van der Waals surface area contributed by atoms with Crippen LogP contribution < -0.4 is 10.6 Å². The third-order valence-corrected chi connectivity index (χ3v) is 5.62. The Morgan fingerprint density at radius 3 is 2.32 bits per heavy atom. The predicted molar refractivity (Wildman–Crippen MR) is 126 cm³/mol. The molecule has 1 fully saturated rings. The minimum Gasteiger partial charge on any atom is -0.465 e. The van der Waals surface area contributed by atoms with E-state index in [4.69, 9.17) is 21.1 Å². The van der Waals surface area contributed by atoms with Gasteiger partial charge in [-0.05, 0) is 55.2 Å². The highest BCUT2D eigenvalue weighted by molar-refractivity contribution is 6.30. The average Bonchev–Trinajstić information content (AvgIpc) is 2.99. The van der Waals surface area contributed by atoms with Crippen molar-refractivity contribution in [2.75, 3.05) is 26.1 Å². The van der Waals surface area contributed by atoms with Gasteiger partial charge in [-0.15, -0.1) is 0 Å².